The molecule has 1 aliphatic rings. The Labute approximate surface area is 144 Å². The van der Waals surface area contributed by atoms with Crippen molar-refractivity contribution in [3.8, 4) is 0 Å². The summed E-state index contributed by atoms with van der Waals surface area (Å²) in [5, 5.41) is 21.5. The predicted molar refractivity (Wildman–Crippen MR) is 95.2 cm³/mol. The minimum Gasteiger partial charge on any atom is -0.368 e. The second-order valence-corrected chi connectivity index (χ2v) is 6.04. The van der Waals surface area contributed by atoms with E-state index in [-0.39, 0.29) is 17.4 Å². The van der Waals surface area contributed by atoms with Gasteiger partial charge in [-0.05, 0) is 31.2 Å². The summed E-state index contributed by atoms with van der Waals surface area (Å²) in [7, 11) is 0. The summed E-state index contributed by atoms with van der Waals surface area (Å²) in [6, 6.07) is 13.4. The van der Waals surface area contributed by atoms with Crippen LogP contribution in [-0.2, 0) is 0 Å². The molecule has 1 aliphatic heterocycles. The fourth-order valence-corrected chi connectivity index (χ4v) is 3.13. The second-order valence-electron chi connectivity index (χ2n) is 6.04. The Bertz CT molecular complexity index is 776. The van der Waals surface area contributed by atoms with Crippen LogP contribution in [0.5, 0.6) is 0 Å². The lowest BCUT2D eigenvalue weighted by molar-refractivity contribution is -0.385. The number of anilines is 2. The van der Waals surface area contributed by atoms with Crippen molar-refractivity contribution in [3.63, 3.8) is 0 Å². The zero-order valence-electron chi connectivity index (χ0n) is 13.7. The number of hydrogen-bond acceptors (Lipinski definition) is 6. The van der Waals surface area contributed by atoms with Crippen molar-refractivity contribution in [2.45, 2.75) is 13.0 Å². The molecule has 0 aliphatic carbocycles. The second kappa shape index (κ2) is 6.76. The van der Waals surface area contributed by atoms with Crippen molar-refractivity contribution < 1.29 is 9.85 Å². The first-order valence-corrected chi connectivity index (χ1v) is 7.96. The molecule has 3 rings (SSSR count). The standard InChI is InChI=1S/C17H18N4O4/c1-13-12-18(14-2-6-16(7-3-14)20(22)23)10-11-19(13)15-4-8-17(9-5-15)21(24)25/h2-9,13H,10-12H2,1H3. The molecule has 0 saturated carbocycles. The summed E-state index contributed by atoms with van der Waals surface area (Å²) in [4.78, 5) is 25.1. The van der Waals surface area contributed by atoms with Crippen molar-refractivity contribution in [3.05, 3.63) is 68.8 Å². The van der Waals surface area contributed by atoms with Crippen LogP contribution in [-0.4, -0.2) is 35.5 Å². The third-order valence-corrected chi connectivity index (χ3v) is 4.45. The number of nitro groups is 2. The van der Waals surface area contributed by atoms with E-state index in [1.165, 1.54) is 24.3 Å². The first kappa shape index (κ1) is 16.7. The van der Waals surface area contributed by atoms with Crippen molar-refractivity contribution in [1.29, 1.82) is 0 Å². The molecular weight excluding hydrogens is 324 g/mol. The molecule has 2 aromatic rings. The molecule has 0 N–H and O–H groups in total. The summed E-state index contributed by atoms with van der Waals surface area (Å²) >= 11 is 0. The van der Waals surface area contributed by atoms with Gasteiger partial charge in [-0.3, -0.25) is 20.2 Å². The van der Waals surface area contributed by atoms with Crippen LogP contribution in [0.2, 0.25) is 0 Å². The lowest BCUT2D eigenvalue weighted by atomic mass is 10.1. The predicted octanol–water partition coefficient (Wildman–Crippen LogP) is 3.22. The van der Waals surface area contributed by atoms with Crippen LogP contribution in [0, 0.1) is 20.2 Å². The fourth-order valence-electron chi connectivity index (χ4n) is 3.13. The SMILES string of the molecule is CC1CN(c2ccc([N+](=O)[O-])cc2)CCN1c1ccc([N+](=O)[O-])cc1. The molecule has 0 radical (unpaired) electrons. The molecule has 0 amide bonds. The molecule has 0 bridgehead atoms. The van der Waals surface area contributed by atoms with Gasteiger partial charge in [-0.25, -0.2) is 0 Å². The van der Waals surface area contributed by atoms with Crippen LogP contribution >= 0.6 is 0 Å². The van der Waals surface area contributed by atoms with Crippen LogP contribution in [0.4, 0.5) is 22.7 Å². The highest BCUT2D eigenvalue weighted by Gasteiger charge is 2.24. The van der Waals surface area contributed by atoms with Gasteiger partial charge in [-0.1, -0.05) is 0 Å². The highest BCUT2D eigenvalue weighted by molar-refractivity contribution is 5.56. The van der Waals surface area contributed by atoms with Crippen molar-refractivity contribution >= 4 is 22.7 Å². The van der Waals surface area contributed by atoms with Gasteiger partial charge >= 0.3 is 0 Å². The van der Waals surface area contributed by atoms with E-state index in [1.807, 2.05) is 0 Å². The molecule has 1 saturated heterocycles. The maximum Gasteiger partial charge on any atom is 0.269 e. The van der Waals surface area contributed by atoms with Crippen LogP contribution in [0.3, 0.4) is 0 Å². The Kier molecular flexibility index (Phi) is 4.51. The number of hydrogen-bond donors (Lipinski definition) is 0. The van der Waals surface area contributed by atoms with E-state index in [0.29, 0.717) is 0 Å². The number of non-ortho nitro benzene ring substituents is 2. The van der Waals surface area contributed by atoms with Gasteiger partial charge in [0.25, 0.3) is 11.4 Å². The van der Waals surface area contributed by atoms with E-state index in [2.05, 4.69) is 16.7 Å². The zero-order chi connectivity index (χ0) is 18.0. The molecule has 130 valence electrons. The molecular formula is C17H18N4O4. The lowest BCUT2D eigenvalue weighted by Gasteiger charge is -2.42. The summed E-state index contributed by atoms with van der Waals surface area (Å²) < 4.78 is 0. The normalized spacial score (nSPS) is 17.4. The summed E-state index contributed by atoms with van der Waals surface area (Å²) in [5.74, 6) is 0. The third kappa shape index (κ3) is 3.52. The quantitative estimate of drug-likeness (QED) is 0.625. The number of nitro benzene ring substituents is 2. The van der Waals surface area contributed by atoms with Gasteiger partial charge in [0.15, 0.2) is 0 Å². The van der Waals surface area contributed by atoms with Crippen molar-refractivity contribution in [1.82, 2.24) is 0 Å². The van der Waals surface area contributed by atoms with Crippen LogP contribution < -0.4 is 9.80 Å². The monoisotopic (exact) mass is 342 g/mol. The van der Waals surface area contributed by atoms with Crippen molar-refractivity contribution in [2.24, 2.45) is 0 Å². The molecule has 8 nitrogen and oxygen atoms in total. The third-order valence-electron chi connectivity index (χ3n) is 4.45. The first-order valence-electron chi connectivity index (χ1n) is 7.96. The lowest BCUT2D eigenvalue weighted by Crippen LogP contribution is -2.52. The minimum absolute atomic E-state index is 0.0842. The topological polar surface area (TPSA) is 92.8 Å². The number of benzene rings is 2. The van der Waals surface area contributed by atoms with E-state index >= 15 is 0 Å². The Morgan fingerprint density at radius 1 is 0.840 bits per heavy atom. The summed E-state index contributed by atoms with van der Waals surface area (Å²) in [5.41, 5.74) is 2.09. The summed E-state index contributed by atoms with van der Waals surface area (Å²) in [6.45, 7) is 4.42. The van der Waals surface area contributed by atoms with E-state index < -0.39 is 9.85 Å². The van der Waals surface area contributed by atoms with Crippen LogP contribution in [0.1, 0.15) is 6.92 Å². The smallest absolute Gasteiger partial charge is 0.269 e. The average Bonchev–Trinajstić information content (AvgIpc) is 2.62. The highest BCUT2D eigenvalue weighted by atomic mass is 16.6. The molecule has 25 heavy (non-hydrogen) atoms. The molecule has 0 spiro atoms. The average molecular weight is 342 g/mol. The molecule has 1 atom stereocenters. The largest absolute Gasteiger partial charge is 0.368 e. The number of nitrogens with zero attached hydrogens (tertiary/aromatic N) is 4. The van der Waals surface area contributed by atoms with Gasteiger partial charge in [-0.15, -0.1) is 0 Å². The van der Waals surface area contributed by atoms with E-state index in [9.17, 15) is 20.2 Å². The maximum atomic E-state index is 10.8. The van der Waals surface area contributed by atoms with Gasteiger partial charge in [0.2, 0.25) is 0 Å². The Hall–Kier alpha value is -3.16. The number of piperazine rings is 1. The molecule has 2 aromatic carbocycles. The van der Waals surface area contributed by atoms with E-state index in [1.54, 1.807) is 24.3 Å². The first-order chi connectivity index (χ1) is 12.0. The Morgan fingerprint density at radius 3 is 1.76 bits per heavy atom. The Balaban J connectivity index is 1.69. The molecule has 1 unspecified atom stereocenters. The maximum absolute atomic E-state index is 10.8. The summed E-state index contributed by atoms with van der Waals surface area (Å²) in [6.07, 6.45) is 0. The van der Waals surface area contributed by atoms with Gasteiger partial charge in [0.05, 0.1) is 9.85 Å². The van der Waals surface area contributed by atoms with E-state index in [0.717, 1.165) is 31.0 Å². The van der Waals surface area contributed by atoms with Crippen LogP contribution in [0.25, 0.3) is 0 Å². The minimum atomic E-state index is -0.404. The Morgan fingerprint density at radius 2 is 1.32 bits per heavy atom. The fraction of sp³-hybridized carbons (Fsp3) is 0.294. The zero-order valence-corrected chi connectivity index (χ0v) is 13.7. The van der Waals surface area contributed by atoms with Gasteiger partial charge < -0.3 is 9.80 Å². The van der Waals surface area contributed by atoms with Crippen molar-refractivity contribution in [2.75, 3.05) is 29.4 Å². The molecule has 0 aromatic heterocycles. The van der Waals surface area contributed by atoms with Gasteiger partial charge in [0, 0.05) is 61.3 Å². The molecule has 8 heteroatoms. The van der Waals surface area contributed by atoms with Gasteiger partial charge in [0.1, 0.15) is 0 Å². The van der Waals surface area contributed by atoms with Crippen LogP contribution in [0.15, 0.2) is 48.5 Å². The molecule has 1 fully saturated rings. The van der Waals surface area contributed by atoms with E-state index in [4.69, 9.17) is 0 Å². The molecule has 1 heterocycles. The highest BCUT2D eigenvalue weighted by Crippen LogP contribution is 2.26. The van der Waals surface area contributed by atoms with Gasteiger partial charge in [-0.2, -0.15) is 0 Å². The number of rotatable bonds is 4.